The zero-order chi connectivity index (χ0) is 22.5. The Bertz CT molecular complexity index is 1160. The normalized spacial score (nSPS) is 14.5. The summed E-state index contributed by atoms with van der Waals surface area (Å²) in [5.74, 6) is 0.939. The molecule has 9 heteroatoms. The van der Waals surface area contributed by atoms with Crippen molar-refractivity contribution in [1.82, 2.24) is 15.3 Å². The van der Waals surface area contributed by atoms with Gasteiger partial charge in [0.2, 0.25) is 5.95 Å². The fraction of sp³-hybridized carbons (Fsp3) is 0.130. The summed E-state index contributed by atoms with van der Waals surface area (Å²) >= 11 is 0.895. The van der Waals surface area contributed by atoms with Crippen molar-refractivity contribution < 1.29 is 14.3 Å². The molecule has 32 heavy (non-hydrogen) atoms. The largest absolute Gasteiger partial charge is 0.492 e. The molecule has 0 saturated carbocycles. The Balaban J connectivity index is 1.32. The van der Waals surface area contributed by atoms with Gasteiger partial charge >= 0.3 is 0 Å². The van der Waals surface area contributed by atoms with Crippen molar-refractivity contribution in [2.75, 3.05) is 30.8 Å². The summed E-state index contributed by atoms with van der Waals surface area (Å²) in [4.78, 5) is 34.1. The number of likely N-dealkylation sites (N-methyl/N-ethyl adjacent to an activating group) is 1. The van der Waals surface area contributed by atoms with Crippen LogP contribution in [0.1, 0.15) is 5.56 Å². The first-order valence-electron chi connectivity index (χ1n) is 9.86. The molecule has 0 unspecified atom stereocenters. The van der Waals surface area contributed by atoms with Crippen LogP contribution in [0.2, 0.25) is 0 Å². The van der Waals surface area contributed by atoms with Crippen LogP contribution in [-0.2, 0) is 4.79 Å². The molecule has 3 aromatic rings. The van der Waals surface area contributed by atoms with Crippen LogP contribution in [-0.4, -0.2) is 41.3 Å². The van der Waals surface area contributed by atoms with E-state index in [9.17, 15) is 9.59 Å². The predicted octanol–water partition coefficient (Wildman–Crippen LogP) is 3.56. The molecule has 1 saturated heterocycles. The SMILES string of the molecule is CN(CCOc1ccc(/C=C2\SC(=O)NC2=O)cc1)c1nccc(-c2ccc(N)cc2)n1. The third kappa shape index (κ3) is 5.25. The van der Waals surface area contributed by atoms with Gasteiger partial charge in [-0.2, -0.15) is 0 Å². The highest BCUT2D eigenvalue weighted by Gasteiger charge is 2.24. The quantitative estimate of drug-likeness (QED) is 0.418. The smallest absolute Gasteiger partial charge is 0.290 e. The number of ether oxygens (including phenoxy) is 1. The Labute approximate surface area is 189 Å². The highest BCUT2D eigenvalue weighted by Crippen LogP contribution is 2.26. The Hall–Kier alpha value is -3.85. The zero-order valence-corrected chi connectivity index (χ0v) is 18.1. The topological polar surface area (TPSA) is 110 Å². The number of hydrogen-bond acceptors (Lipinski definition) is 8. The summed E-state index contributed by atoms with van der Waals surface area (Å²) in [7, 11) is 1.91. The summed E-state index contributed by atoms with van der Waals surface area (Å²) in [6, 6.07) is 16.7. The van der Waals surface area contributed by atoms with Gasteiger partial charge in [0, 0.05) is 24.5 Å². The van der Waals surface area contributed by atoms with E-state index in [0.717, 1.165) is 28.6 Å². The molecule has 1 aromatic heterocycles. The summed E-state index contributed by atoms with van der Waals surface area (Å²) in [5.41, 5.74) is 9.07. The minimum Gasteiger partial charge on any atom is -0.492 e. The van der Waals surface area contributed by atoms with E-state index in [1.165, 1.54) is 0 Å². The van der Waals surface area contributed by atoms with Gasteiger partial charge in [-0.3, -0.25) is 14.9 Å². The lowest BCUT2D eigenvalue weighted by Crippen LogP contribution is -2.25. The Morgan fingerprint density at radius 3 is 2.53 bits per heavy atom. The molecular weight excluding hydrogens is 426 g/mol. The zero-order valence-electron chi connectivity index (χ0n) is 17.3. The predicted molar refractivity (Wildman–Crippen MR) is 126 cm³/mol. The monoisotopic (exact) mass is 447 g/mol. The maximum absolute atomic E-state index is 11.6. The third-order valence-electron chi connectivity index (χ3n) is 4.71. The van der Waals surface area contributed by atoms with E-state index >= 15 is 0 Å². The molecule has 2 heterocycles. The van der Waals surface area contributed by atoms with Crippen LogP contribution in [0.25, 0.3) is 17.3 Å². The minimum absolute atomic E-state index is 0.353. The molecular formula is C23H21N5O3S. The Kier molecular flexibility index (Phi) is 6.37. The van der Waals surface area contributed by atoms with Crippen LogP contribution in [0, 0.1) is 0 Å². The van der Waals surface area contributed by atoms with Gasteiger partial charge in [-0.15, -0.1) is 0 Å². The number of carbonyl (C=O) groups excluding carboxylic acids is 2. The molecule has 2 amide bonds. The van der Waals surface area contributed by atoms with E-state index in [2.05, 4.69) is 15.3 Å². The number of nitrogens with one attached hydrogen (secondary N) is 1. The number of nitrogens with zero attached hydrogens (tertiary/aromatic N) is 3. The molecule has 4 rings (SSSR count). The molecule has 162 valence electrons. The fourth-order valence-electron chi connectivity index (χ4n) is 2.98. The molecule has 8 nitrogen and oxygen atoms in total. The number of anilines is 2. The number of hydrogen-bond donors (Lipinski definition) is 2. The maximum atomic E-state index is 11.6. The van der Waals surface area contributed by atoms with E-state index in [4.69, 9.17) is 10.5 Å². The van der Waals surface area contributed by atoms with Crippen molar-refractivity contribution in [3.63, 3.8) is 0 Å². The number of thioether (sulfide) groups is 1. The molecule has 0 bridgehead atoms. The van der Waals surface area contributed by atoms with Gasteiger partial charge in [-0.1, -0.05) is 24.3 Å². The van der Waals surface area contributed by atoms with E-state index in [1.807, 2.05) is 66.5 Å². The molecule has 0 aliphatic carbocycles. The lowest BCUT2D eigenvalue weighted by Gasteiger charge is -2.18. The van der Waals surface area contributed by atoms with Gasteiger partial charge in [0.05, 0.1) is 17.1 Å². The molecule has 1 aliphatic rings. The van der Waals surface area contributed by atoms with Crippen molar-refractivity contribution in [3.05, 3.63) is 71.3 Å². The minimum atomic E-state index is -0.369. The average molecular weight is 448 g/mol. The Morgan fingerprint density at radius 1 is 1.09 bits per heavy atom. The first-order valence-corrected chi connectivity index (χ1v) is 10.7. The van der Waals surface area contributed by atoms with Crippen LogP contribution in [0.4, 0.5) is 16.4 Å². The number of imide groups is 1. The van der Waals surface area contributed by atoms with Gasteiger partial charge in [-0.05, 0) is 53.7 Å². The standard InChI is InChI=1S/C23H21N5O3S/c1-28(22-25-11-10-19(26-22)16-4-6-17(24)7-5-16)12-13-31-18-8-2-15(3-9-18)14-20-21(29)27-23(30)32-20/h2-11,14H,12-13,24H2,1H3,(H,27,29,30)/b20-14-. The van der Waals surface area contributed by atoms with E-state index < -0.39 is 0 Å². The molecule has 1 fully saturated rings. The highest BCUT2D eigenvalue weighted by molar-refractivity contribution is 8.18. The van der Waals surface area contributed by atoms with Crippen molar-refractivity contribution in [2.24, 2.45) is 0 Å². The molecule has 3 N–H and O–H groups in total. The molecule has 0 radical (unpaired) electrons. The maximum Gasteiger partial charge on any atom is 0.290 e. The first kappa shape index (κ1) is 21.4. The summed E-state index contributed by atoms with van der Waals surface area (Å²) in [5, 5.41) is 1.88. The molecule has 2 aromatic carbocycles. The van der Waals surface area contributed by atoms with E-state index in [1.54, 1.807) is 12.3 Å². The van der Waals surface area contributed by atoms with Crippen LogP contribution in [0.15, 0.2) is 65.7 Å². The number of aromatic nitrogens is 2. The second-order valence-corrected chi connectivity index (χ2v) is 8.07. The lowest BCUT2D eigenvalue weighted by molar-refractivity contribution is -0.115. The summed E-state index contributed by atoms with van der Waals surface area (Å²) in [6.45, 7) is 1.04. The van der Waals surface area contributed by atoms with E-state index in [0.29, 0.717) is 35.4 Å². The van der Waals surface area contributed by atoms with Gasteiger partial charge in [0.15, 0.2) is 0 Å². The third-order valence-corrected chi connectivity index (χ3v) is 5.52. The number of benzene rings is 2. The second-order valence-electron chi connectivity index (χ2n) is 7.06. The number of carbonyl (C=O) groups is 2. The second kappa shape index (κ2) is 9.52. The molecule has 0 atom stereocenters. The summed E-state index contributed by atoms with van der Waals surface area (Å²) in [6.07, 6.45) is 3.41. The van der Waals surface area contributed by atoms with Crippen LogP contribution < -0.4 is 20.7 Å². The van der Waals surface area contributed by atoms with Gasteiger partial charge in [0.1, 0.15) is 12.4 Å². The fourth-order valence-corrected chi connectivity index (χ4v) is 3.66. The van der Waals surface area contributed by atoms with Crippen LogP contribution in [0.3, 0.4) is 0 Å². The number of amides is 2. The van der Waals surface area contributed by atoms with E-state index in [-0.39, 0.29) is 11.1 Å². The molecule has 0 spiro atoms. The van der Waals surface area contributed by atoms with Crippen molar-refractivity contribution in [3.8, 4) is 17.0 Å². The first-order chi connectivity index (χ1) is 15.5. The van der Waals surface area contributed by atoms with Crippen molar-refractivity contribution in [1.29, 1.82) is 0 Å². The number of rotatable bonds is 7. The lowest BCUT2D eigenvalue weighted by atomic mass is 10.1. The summed E-state index contributed by atoms with van der Waals surface area (Å²) < 4.78 is 5.82. The average Bonchev–Trinajstić information content (AvgIpc) is 3.12. The Morgan fingerprint density at radius 2 is 1.84 bits per heavy atom. The number of nitrogen functional groups attached to an aromatic ring is 1. The highest BCUT2D eigenvalue weighted by atomic mass is 32.2. The number of nitrogens with two attached hydrogens (primary N) is 1. The van der Waals surface area contributed by atoms with Gasteiger partial charge in [0.25, 0.3) is 11.1 Å². The van der Waals surface area contributed by atoms with Gasteiger partial charge in [-0.25, -0.2) is 9.97 Å². The van der Waals surface area contributed by atoms with Gasteiger partial charge < -0.3 is 15.4 Å². The van der Waals surface area contributed by atoms with Crippen molar-refractivity contribution >= 4 is 40.6 Å². The van der Waals surface area contributed by atoms with Crippen LogP contribution >= 0.6 is 11.8 Å². The molecule has 1 aliphatic heterocycles. The van der Waals surface area contributed by atoms with Crippen molar-refractivity contribution in [2.45, 2.75) is 0 Å². The van der Waals surface area contributed by atoms with Crippen LogP contribution in [0.5, 0.6) is 5.75 Å².